The first kappa shape index (κ1) is 13.8. The van der Waals surface area contributed by atoms with Crippen molar-refractivity contribution in [1.82, 2.24) is 9.88 Å². The molecule has 1 aliphatic heterocycles. The van der Waals surface area contributed by atoms with E-state index in [1.54, 1.807) is 12.4 Å². The zero-order valence-corrected chi connectivity index (χ0v) is 12.5. The lowest BCUT2D eigenvalue weighted by Crippen LogP contribution is -2.42. The topological polar surface area (TPSA) is 33.2 Å². The summed E-state index contributed by atoms with van der Waals surface area (Å²) in [6.07, 6.45) is 4.52. The molecule has 0 spiro atoms. The van der Waals surface area contributed by atoms with E-state index < -0.39 is 0 Å². The van der Waals surface area contributed by atoms with Gasteiger partial charge in [-0.15, -0.1) is 0 Å². The maximum atomic E-state index is 12.6. The molecule has 0 fully saturated rings. The zero-order chi connectivity index (χ0) is 14.8. The lowest BCUT2D eigenvalue weighted by Gasteiger charge is -2.38. The molecule has 0 saturated heterocycles. The second-order valence-corrected chi connectivity index (χ2v) is 5.82. The van der Waals surface area contributed by atoms with Gasteiger partial charge in [0.05, 0.1) is 6.04 Å². The molecule has 108 valence electrons. The molecule has 1 aromatic carbocycles. The molecule has 2 heterocycles. The Labute approximate surface area is 125 Å². The molecule has 3 nitrogen and oxygen atoms in total. The summed E-state index contributed by atoms with van der Waals surface area (Å²) >= 11 is 0. The Kier molecular flexibility index (Phi) is 3.74. The molecule has 1 amide bonds. The second kappa shape index (κ2) is 5.68. The smallest absolute Gasteiger partial charge is 0.225 e. The van der Waals surface area contributed by atoms with Crippen molar-refractivity contribution in [3.8, 4) is 0 Å². The van der Waals surface area contributed by atoms with Gasteiger partial charge in [0.1, 0.15) is 0 Å². The molecule has 0 radical (unpaired) electrons. The Morgan fingerprint density at radius 2 is 1.90 bits per heavy atom. The molecule has 3 heteroatoms. The maximum absolute atomic E-state index is 12.6. The summed E-state index contributed by atoms with van der Waals surface area (Å²) < 4.78 is 0. The summed E-state index contributed by atoms with van der Waals surface area (Å²) in [6.45, 7) is 4.71. The van der Waals surface area contributed by atoms with Crippen LogP contribution in [0.15, 0.2) is 48.8 Å². The van der Waals surface area contributed by atoms with Crippen molar-refractivity contribution < 1.29 is 4.79 Å². The number of benzene rings is 1. The Balaban J connectivity index is 2.09. The first-order chi connectivity index (χ1) is 10.2. The third-order valence-corrected chi connectivity index (χ3v) is 4.08. The normalized spacial score (nSPS) is 17.7. The molecule has 1 aromatic heterocycles. The largest absolute Gasteiger partial charge is 0.331 e. The molecule has 0 saturated carbocycles. The predicted octanol–water partition coefficient (Wildman–Crippen LogP) is 3.21. The molecule has 0 aliphatic carbocycles. The van der Waals surface area contributed by atoms with E-state index in [-0.39, 0.29) is 17.9 Å². The number of nitrogens with zero attached hydrogens (tertiary/aromatic N) is 2. The molecule has 1 unspecified atom stereocenters. The Bertz CT molecular complexity index is 637. The van der Waals surface area contributed by atoms with E-state index in [9.17, 15) is 4.79 Å². The highest BCUT2D eigenvalue weighted by atomic mass is 16.2. The molecule has 0 N–H and O–H groups in total. The van der Waals surface area contributed by atoms with Gasteiger partial charge in [-0.05, 0) is 35.2 Å². The SMILES string of the molecule is CC(C)C(=O)N1CCc2ccccc2C1c1ccncc1. The standard InChI is InChI=1S/C18H20N2O/c1-13(2)18(21)20-12-9-14-5-3-4-6-16(14)17(20)15-7-10-19-11-8-15/h3-8,10-11,13,17H,9,12H2,1-2H3. The fraction of sp³-hybridized carbons (Fsp3) is 0.333. The average molecular weight is 280 g/mol. The van der Waals surface area contributed by atoms with E-state index in [1.807, 2.05) is 30.9 Å². The van der Waals surface area contributed by atoms with Gasteiger partial charge in [0.15, 0.2) is 0 Å². The van der Waals surface area contributed by atoms with Crippen LogP contribution in [0.2, 0.25) is 0 Å². The number of carbonyl (C=O) groups excluding carboxylic acids is 1. The highest BCUT2D eigenvalue weighted by Crippen LogP contribution is 2.35. The molecular formula is C18H20N2O. The molecular weight excluding hydrogens is 260 g/mol. The van der Waals surface area contributed by atoms with Crippen molar-refractivity contribution in [3.05, 3.63) is 65.5 Å². The highest BCUT2D eigenvalue weighted by Gasteiger charge is 2.32. The molecule has 21 heavy (non-hydrogen) atoms. The van der Waals surface area contributed by atoms with E-state index >= 15 is 0 Å². The molecule has 0 bridgehead atoms. The quantitative estimate of drug-likeness (QED) is 0.846. The van der Waals surface area contributed by atoms with Gasteiger partial charge in [-0.1, -0.05) is 38.1 Å². The van der Waals surface area contributed by atoms with E-state index in [2.05, 4.69) is 29.2 Å². The Hall–Kier alpha value is -2.16. The van der Waals surface area contributed by atoms with E-state index in [0.717, 1.165) is 18.5 Å². The number of pyridine rings is 1. The molecule has 3 rings (SSSR count). The zero-order valence-electron chi connectivity index (χ0n) is 12.5. The third-order valence-electron chi connectivity index (χ3n) is 4.08. The minimum Gasteiger partial charge on any atom is -0.331 e. The van der Waals surface area contributed by atoms with Gasteiger partial charge in [-0.25, -0.2) is 0 Å². The van der Waals surface area contributed by atoms with E-state index in [0.29, 0.717) is 0 Å². The van der Waals surface area contributed by atoms with Crippen LogP contribution < -0.4 is 0 Å². The van der Waals surface area contributed by atoms with Crippen molar-refractivity contribution >= 4 is 5.91 Å². The molecule has 1 atom stereocenters. The fourth-order valence-corrected chi connectivity index (χ4v) is 3.04. The van der Waals surface area contributed by atoms with Gasteiger partial charge < -0.3 is 4.90 Å². The van der Waals surface area contributed by atoms with Gasteiger partial charge in [0, 0.05) is 24.9 Å². The van der Waals surface area contributed by atoms with Crippen molar-refractivity contribution in [2.45, 2.75) is 26.3 Å². The monoisotopic (exact) mass is 280 g/mol. The summed E-state index contributed by atoms with van der Waals surface area (Å²) in [4.78, 5) is 18.7. The third kappa shape index (κ3) is 2.56. The molecule has 1 aliphatic rings. The minimum atomic E-state index is 0.00727. The Morgan fingerprint density at radius 1 is 1.19 bits per heavy atom. The van der Waals surface area contributed by atoms with Crippen LogP contribution in [0.25, 0.3) is 0 Å². The summed E-state index contributed by atoms with van der Waals surface area (Å²) in [6, 6.07) is 12.5. The average Bonchev–Trinajstić information content (AvgIpc) is 2.53. The summed E-state index contributed by atoms with van der Waals surface area (Å²) in [7, 11) is 0. The summed E-state index contributed by atoms with van der Waals surface area (Å²) in [5, 5.41) is 0. The first-order valence-electron chi connectivity index (χ1n) is 7.46. The van der Waals surface area contributed by atoms with Gasteiger partial charge in [0.25, 0.3) is 0 Å². The molecule has 2 aromatic rings. The number of hydrogen-bond donors (Lipinski definition) is 0. The maximum Gasteiger partial charge on any atom is 0.225 e. The number of rotatable bonds is 2. The second-order valence-electron chi connectivity index (χ2n) is 5.82. The van der Waals surface area contributed by atoms with Gasteiger partial charge in [-0.3, -0.25) is 9.78 Å². The summed E-state index contributed by atoms with van der Waals surface area (Å²) in [5.74, 6) is 0.228. The van der Waals surface area contributed by atoms with E-state index in [1.165, 1.54) is 11.1 Å². The number of amides is 1. The van der Waals surface area contributed by atoms with Crippen LogP contribution >= 0.6 is 0 Å². The van der Waals surface area contributed by atoms with Crippen LogP contribution in [-0.2, 0) is 11.2 Å². The lowest BCUT2D eigenvalue weighted by molar-refractivity contribution is -0.136. The lowest BCUT2D eigenvalue weighted by atomic mass is 9.88. The van der Waals surface area contributed by atoms with Crippen molar-refractivity contribution in [1.29, 1.82) is 0 Å². The minimum absolute atomic E-state index is 0.00727. The Morgan fingerprint density at radius 3 is 2.62 bits per heavy atom. The van der Waals surface area contributed by atoms with Crippen LogP contribution in [-0.4, -0.2) is 22.3 Å². The van der Waals surface area contributed by atoms with Crippen molar-refractivity contribution in [3.63, 3.8) is 0 Å². The van der Waals surface area contributed by atoms with Crippen LogP contribution in [0, 0.1) is 5.92 Å². The fourth-order valence-electron chi connectivity index (χ4n) is 3.04. The first-order valence-corrected chi connectivity index (χ1v) is 7.46. The number of carbonyl (C=O) groups is 1. The van der Waals surface area contributed by atoms with Gasteiger partial charge in [-0.2, -0.15) is 0 Å². The van der Waals surface area contributed by atoms with Crippen LogP contribution in [0.3, 0.4) is 0 Å². The van der Waals surface area contributed by atoms with Crippen molar-refractivity contribution in [2.75, 3.05) is 6.54 Å². The van der Waals surface area contributed by atoms with Crippen LogP contribution in [0.1, 0.15) is 36.6 Å². The summed E-state index contributed by atoms with van der Waals surface area (Å²) in [5.41, 5.74) is 3.71. The van der Waals surface area contributed by atoms with Crippen LogP contribution in [0.5, 0.6) is 0 Å². The van der Waals surface area contributed by atoms with Gasteiger partial charge in [0.2, 0.25) is 5.91 Å². The number of aromatic nitrogens is 1. The number of fused-ring (bicyclic) bond motifs is 1. The highest BCUT2D eigenvalue weighted by molar-refractivity contribution is 5.79. The van der Waals surface area contributed by atoms with Crippen molar-refractivity contribution in [2.24, 2.45) is 5.92 Å². The predicted molar refractivity (Wildman–Crippen MR) is 82.8 cm³/mol. The number of hydrogen-bond acceptors (Lipinski definition) is 2. The van der Waals surface area contributed by atoms with E-state index in [4.69, 9.17) is 0 Å². The van der Waals surface area contributed by atoms with Gasteiger partial charge >= 0.3 is 0 Å². The van der Waals surface area contributed by atoms with Crippen LogP contribution in [0.4, 0.5) is 0 Å².